The van der Waals surface area contributed by atoms with E-state index in [1.54, 1.807) is 20.8 Å². The first-order chi connectivity index (χ1) is 6.77. The Morgan fingerprint density at radius 1 is 1.53 bits per heavy atom. The normalized spacial score (nSPS) is 36.9. The molecule has 0 aliphatic carbocycles. The highest BCUT2D eigenvalue weighted by Gasteiger charge is 2.55. The second-order valence-corrected chi connectivity index (χ2v) is 5.14. The van der Waals surface area contributed by atoms with Crippen LogP contribution in [0.1, 0.15) is 27.2 Å². The van der Waals surface area contributed by atoms with Crippen molar-refractivity contribution in [2.45, 2.75) is 44.9 Å². The Morgan fingerprint density at radius 2 is 2.07 bits per heavy atom. The Kier molecular flexibility index (Phi) is 3.09. The van der Waals surface area contributed by atoms with E-state index in [0.29, 0.717) is 13.0 Å². The molecule has 5 heteroatoms. The van der Waals surface area contributed by atoms with Gasteiger partial charge in [-0.1, -0.05) is 0 Å². The molecule has 0 bridgehead atoms. The first-order valence-corrected chi connectivity index (χ1v) is 5.15. The maximum atomic E-state index is 11.3. The lowest BCUT2D eigenvalue weighted by molar-refractivity contribution is -0.932. The molecule has 1 unspecified atom stereocenters. The standard InChI is InChI=1S/C10H19NO4/c1-10(2,3)11(9(14)15)5-4-8(13)7(11)6-12/h7-8,12-13H,4-6H2,1-3H3/t7-,8+,11?/m1/s1. The van der Waals surface area contributed by atoms with Crippen molar-refractivity contribution >= 4 is 6.09 Å². The van der Waals surface area contributed by atoms with E-state index in [9.17, 15) is 20.1 Å². The summed E-state index contributed by atoms with van der Waals surface area (Å²) in [5.41, 5.74) is -0.594. The molecule has 0 aromatic heterocycles. The van der Waals surface area contributed by atoms with E-state index in [4.69, 9.17) is 0 Å². The van der Waals surface area contributed by atoms with E-state index >= 15 is 0 Å². The van der Waals surface area contributed by atoms with Gasteiger partial charge in [0.25, 0.3) is 6.09 Å². The van der Waals surface area contributed by atoms with Gasteiger partial charge in [-0.15, -0.1) is 0 Å². The van der Waals surface area contributed by atoms with Crippen LogP contribution in [0.25, 0.3) is 0 Å². The van der Waals surface area contributed by atoms with Gasteiger partial charge in [0.2, 0.25) is 0 Å². The van der Waals surface area contributed by atoms with Gasteiger partial charge in [-0.05, 0) is 20.8 Å². The van der Waals surface area contributed by atoms with Crippen molar-refractivity contribution in [1.82, 2.24) is 0 Å². The van der Waals surface area contributed by atoms with Gasteiger partial charge >= 0.3 is 0 Å². The van der Waals surface area contributed by atoms with Crippen LogP contribution >= 0.6 is 0 Å². The van der Waals surface area contributed by atoms with Gasteiger partial charge in [0.05, 0.1) is 18.7 Å². The lowest BCUT2D eigenvalue weighted by Crippen LogP contribution is -2.71. The molecule has 0 aromatic rings. The highest BCUT2D eigenvalue weighted by molar-refractivity contribution is 5.55. The molecule has 1 amide bonds. The molecule has 2 N–H and O–H groups in total. The fourth-order valence-electron chi connectivity index (χ4n) is 2.58. The summed E-state index contributed by atoms with van der Waals surface area (Å²) in [5, 5.41) is 30.2. The zero-order valence-corrected chi connectivity index (χ0v) is 9.43. The number of hydrogen-bond acceptors (Lipinski definition) is 4. The number of likely N-dealkylation sites (tertiary alicyclic amines) is 1. The Balaban J connectivity index is 3.18. The predicted molar refractivity (Wildman–Crippen MR) is 51.8 cm³/mol. The molecule has 5 nitrogen and oxygen atoms in total. The average molecular weight is 217 g/mol. The third-order valence-electron chi connectivity index (χ3n) is 3.50. The second kappa shape index (κ2) is 3.73. The number of quaternary nitrogens is 1. The number of amides is 1. The number of hydrogen-bond donors (Lipinski definition) is 2. The van der Waals surface area contributed by atoms with Gasteiger partial charge in [-0.2, -0.15) is 0 Å². The van der Waals surface area contributed by atoms with Crippen LogP contribution < -0.4 is 5.11 Å². The van der Waals surface area contributed by atoms with Crippen molar-refractivity contribution < 1.29 is 24.6 Å². The summed E-state index contributed by atoms with van der Waals surface area (Å²) in [6, 6.07) is -0.685. The lowest BCUT2D eigenvalue weighted by atomic mass is 9.99. The van der Waals surface area contributed by atoms with Gasteiger partial charge in [0, 0.05) is 6.42 Å². The summed E-state index contributed by atoms with van der Waals surface area (Å²) < 4.78 is -0.370. The lowest BCUT2D eigenvalue weighted by Gasteiger charge is -2.48. The van der Waals surface area contributed by atoms with Crippen LogP contribution in [0, 0.1) is 0 Å². The van der Waals surface area contributed by atoms with Gasteiger partial charge in [0.15, 0.2) is 0 Å². The van der Waals surface area contributed by atoms with E-state index in [-0.39, 0.29) is 11.1 Å². The highest BCUT2D eigenvalue weighted by atomic mass is 16.4. The molecule has 1 fully saturated rings. The number of carbonyl (C=O) groups is 1. The third-order valence-corrected chi connectivity index (χ3v) is 3.50. The van der Waals surface area contributed by atoms with Gasteiger partial charge in [-0.3, -0.25) is 4.48 Å². The van der Waals surface area contributed by atoms with E-state index in [0.717, 1.165) is 0 Å². The predicted octanol–water partition coefficient (Wildman–Crippen LogP) is -0.929. The quantitative estimate of drug-likeness (QED) is 0.556. The Hall–Kier alpha value is -0.650. The summed E-state index contributed by atoms with van der Waals surface area (Å²) in [7, 11) is 0. The largest absolute Gasteiger partial charge is 0.498 e. The summed E-state index contributed by atoms with van der Waals surface area (Å²) >= 11 is 0. The number of rotatable bonds is 1. The summed E-state index contributed by atoms with van der Waals surface area (Å²) in [6.45, 7) is 5.31. The highest BCUT2D eigenvalue weighted by Crippen LogP contribution is 2.36. The molecule has 1 rings (SSSR count). The Morgan fingerprint density at radius 3 is 2.33 bits per heavy atom. The molecule has 3 atom stereocenters. The van der Waals surface area contributed by atoms with Crippen molar-refractivity contribution in [2.24, 2.45) is 0 Å². The topological polar surface area (TPSA) is 80.6 Å². The van der Waals surface area contributed by atoms with Gasteiger partial charge in [-0.25, -0.2) is 0 Å². The van der Waals surface area contributed by atoms with E-state index < -0.39 is 23.8 Å². The van der Waals surface area contributed by atoms with Gasteiger partial charge in [0.1, 0.15) is 12.1 Å². The van der Waals surface area contributed by atoms with Crippen LogP contribution in [0.2, 0.25) is 0 Å². The molecule has 88 valence electrons. The number of carboxylic acid groups (broad SMARTS) is 1. The second-order valence-electron chi connectivity index (χ2n) is 5.14. The van der Waals surface area contributed by atoms with Crippen LogP contribution in [0.3, 0.4) is 0 Å². The maximum Gasteiger partial charge on any atom is 0.258 e. The van der Waals surface area contributed by atoms with E-state index in [1.165, 1.54) is 0 Å². The molecule has 15 heavy (non-hydrogen) atoms. The van der Waals surface area contributed by atoms with Crippen LogP contribution in [0.4, 0.5) is 4.79 Å². The minimum atomic E-state index is -1.22. The summed E-state index contributed by atoms with van der Waals surface area (Å²) in [4.78, 5) is 11.3. The van der Waals surface area contributed by atoms with E-state index in [1.807, 2.05) is 0 Å². The van der Waals surface area contributed by atoms with Crippen LogP contribution in [-0.2, 0) is 0 Å². The SMILES string of the molecule is CC(C)(C)[N+]1(C(=O)[O-])CC[C@H](O)[C@H]1CO. The van der Waals surface area contributed by atoms with Crippen LogP contribution in [-0.4, -0.2) is 51.6 Å². The smallest absolute Gasteiger partial charge is 0.258 e. The summed E-state index contributed by atoms with van der Waals surface area (Å²) in [5.74, 6) is 0. The number of nitrogens with zero attached hydrogens (tertiary/aromatic N) is 1. The van der Waals surface area contributed by atoms with Crippen molar-refractivity contribution in [3.8, 4) is 0 Å². The minimum Gasteiger partial charge on any atom is -0.498 e. The molecule has 0 spiro atoms. The first-order valence-electron chi connectivity index (χ1n) is 5.15. The van der Waals surface area contributed by atoms with E-state index in [2.05, 4.69) is 0 Å². The molecule has 1 aliphatic rings. The Labute approximate surface area is 89.5 Å². The maximum absolute atomic E-state index is 11.3. The van der Waals surface area contributed by atoms with Crippen molar-refractivity contribution in [1.29, 1.82) is 0 Å². The van der Waals surface area contributed by atoms with Crippen LogP contribution in [0.5, 0.6) is 0 Å². The number of carbonyl (C=O) groups excluding carboxylic acids is 1. The van der Waals surface area contributed by atoms with Crippen molar-refractivity contribution in [3.63, 3.8) is 0 Å². The first kappa shape index (κ1) is 12.4. The molecule has 1 heterocycles. The fourth-order valence-corrected chi connectivity index (χ4v) is 2.58. The molecular formula is C10H19NO4. The molecule has 0 aromatic carbocycles. The fraction of sp³-hybridized carbons (Fsp3) is 0.900. The van der Waals surface area contributed by atoms with Crippen molar-refractivity contribution in [2.75, 3.05) is 13.2 Å². The van der Waals surface area contributed by atoms with Gasteiger partial charge < -0.3 is 20.1 Å². The zero-order chi connectivity index (χ0) is 11.9. The minimum absolute atomic E-state index is 0.304. The molecular weight excluding hydrogens is 198 g/mol. The molecule has 1 aliphatic heterocycles. The van der Waals surface area contributed by atoms with Crippen LogP contribution in [0.15, 0.2) is 0 Å². The number of aliphatic hydroxyl groups excluding tert-OH is 2. The Bertz CT molecular complexity index is 261. The number of aliphatic hydroxyl groups is 2. The van der Waals surface area contributed by atoms with Crippen molar-refractivity contribution in [3.05, 3.63) is 0 Å². The monoisotopic (exact) mass is 217 g/mol. The molecule has 0 saturated carbocycles. The third kappa shape index (κ3) is 1.64. The average Bonchev–Trinajstić information content (AvgIpc) is 2.41. The molecule has 1 saturated heterocycles. The molecule has 0 radical (unpaired) electrons. The zero-order valence-electron chi connectivity index (χ0n) is 9.43. The summed E-state index contributed by atoms with van der Waals surface area (Å²) in [6.07, 6.45) is -1.61.